The molecular weight excluding hydrogens is 391 g/mol. The summed E-state index contributed by atoms with van der Waals surface area (Å²) < 4.78 is 30.4. The Morgan fingerprint density at radius 2 is 2.13 bits per heavy atom. The van der Waals surface area contributed by atoms with Gasteiger partial charge in [-0.2, -0.15) is 5.26 Å². The number of nitrogens with two attached hydrogens (primary N) is 1. The second-order valence-corrected chi connectivity index (χ2v) is 7.26. The molecular formula is C21H25FN4O4. The van der Waals surface area contributed by atoms with Crippen molar-refractivity contribution >= 4 is 5.69 Å². The third kappa shape index (κ3) is 5.43. The number of ether oxygens (including phenoxy) is 3. The van der Waals surface area contributed by atoms with Crippen LogP contribution in [0.3, 0.4) is 0 Å². The highest BCUT2D eigenvalue weighted by Gasteiger charge is 2.32. The summed E-state index contributed by atoms with van der Waals surface area (Å²) in [5.41, 5.74) is 6.92. The Bertz CT molecular complexity index is 880. The molecule has 2 heterocycles. The minimum Gasteiger partial charge on any atom is -0.494 e. The van der Waals surface area contributed by atoms with E-state index in [9.17, 15) is 9.50 Å². The lowest BCUT2D eigenvalue weighted by Crippen LogP contribution is -2.57. The average Bonchev–Trinajstić information content (AvgIpc) is 2.78. The summed E-state index contributed by atoms with van der Waals surface area (Å²) in [5.74, 6) is -0.251. The van der Waals surface area contributed by atoms with Crippen LogP contribution in [-0.4, -0.2) is 55.4 Å². The zero-order valence-corrected chi connectivity index (χ0v) is 16.8. The largest absolute Gasteiger partial charge is 0.494 e. The van der Waals surface area contributed by atoms with Crippen molar-refractivity contribution in [3.05, 3.63) is 53.6 Å². The third-order valence-electron chi connectivity index (χ3n) is 4.88. The zero-order valence-electron chi connectivity index (χ0n) is 16.8. The molecule has 1 aliphatic rings. The second kappa shape index (κ2) is 9.82. The molecule has 1 aromatic carbocycles. The molecule has 30 heavy (non-hydrogen) atoms. The van der Waals surface area contributed by atoms with Crippen LogP contribution in [0.5, 0.6) is 5.75 Å². The Hall–Kier alpha value is -2.77. The van der Waals surface area contributed by atoms with E-state index in [1.165, 1.54) is 13.2 Å². The predicted octanol–water partition coefficient (Wildman–Crippen LogP) is 1.56. The lowest BCUT2D eigenvalue weighted by Gasteiger charge is -2.36. The van der Waals surface area contributed by atoms with E-state index < -0.39 is 17.6 Å². The molecule has 1 saturated heterocycles. The molecule has 0 bridgehead atoms. The molecule has 0 radical (unpaired) electrons. The quantitative estimate of drug-likeness (QED) is 0.667. The number of hydrogen-bond donors (Lipinski definition) is 2. The summed E-state index contributed by atoms with van der Waals surface area (Å²) in [6.45, 7) is 1.14. The number of benzene rings is 1. The fourth-order valence-electron chi connectivity index (χ4n) is 3.09. The molecule has 3 rings (SSSR count). The van der Waals surface area contributed by atoms with Crippen molar-refractivity contribution in [2.45, 2.75) is 24.8 Å². The van der Waals surface area contributed by atoms with Crippen LogP contribution in [0, 0.1) is 17.1 Å². The number of aliphatic hydroxyl groups is 1. The first-order chi connectivity index (χ1) is 14.5. The third-order valence-corrected chi connectivity index (χ3v) is 4.88. The van der Waals surface area contributed by atoms with Gasteiger partial charge in [0.15, 0.2) is 17.9 Å². The molecule has 0 aliphatic carbocycles. The van der Waals surface area contributed by atoms with Gasteiger partial charge in [-0.25, -0.2) is 9.37 Å². The number of pyridine rings is 1. The van der Waals surface area contributed by atoms with Crippen molar-refractivity contribution in [2.75, 3.05) is 38.4 Å². The van der Waals surface area contributed by atoms with E-state index in [-0.39, 0.29) is 25.6 Å². The van der Waals surface area contributed by atoms with E-state index in [0.717, 1.165) is 11.3 Å². The maximum absolute atomic E-state index is 14.1. The average molecular weight is 416 g/mol. The maximum atomic E-state index is 14.1. The first-order valence-electron chi connectivity index (χ1n) is 9.53. The van der Waals surface area contributed by atoms with E-state index in [0.29, 0.717) is 25.2 Å². The predicted molar refractivity (Wildman–Crippen MR) is 107 cm³/mol. The van der Waals surface area contributed by atoms with Crippen LogP contribution >= 0.6 is 0 Å². The number of aromatic nitrogens is 1. The van der Waals surface area contributed by atoms with Gasteiger partial charge < -0.3 is 30.0 Å². The molecule has 8 nitrogen and oxygen atoms in total. The summed E-state index contributed by atoms with van der Waals surface area (Å²) in [4.78, 5) is 6.12. The molecule has 0 amide bonds. The molecule has 160 valence electrons. The smallest absolute Gasteiger partial charge is 0.165 e. The van der Waals surface area contributed by atoms with Gasteiger partial charge in [0.1, 0.15) is 11.8 Å². The highest BCUT2D eigenvalue weighted by Crippen LogP contribution is 2.23. The summed E-state index contributed by atoms with van der Waals surface area (Å²) in [5, 5.41) is 18.3. The van der Waals surface area contributed by atoms with E-state index in [1.54, 1.807) is 30.5 Å². The zero-order chi connectivity index (χ0) is 21.6. The number of nitriles is 1. The molecule has 1 aliphatic heterocycles. The van der Waals surface area contributed by atoms with Gasteiger partial charge >= 0.3 is 0 Å². The second-order valence-electron chi connectivity index (χ2n) is 7.26. The number of rotatable bonds is 8. The Morgan fingerprint density at radius 1 is 1.37 bits per heavy atom. The van der Waals surface area contributed by atoms with Gasteiger partial charge in [0.25, 0.3) is 0 Å². The lowest BCUT2D eigenvalue weighted by atomic mass is 10.0. The number of halogens is 1. The lowest BCUT2D eigenvalue weighted by molar-refractivity contribution is -0.213. The number of nitrogens with zero attached hydrogens (tertiary/aromatic N) is 3. The fraction of sp³-hybridized carbons (Fsp3) is 0.429. The monoisotopic (exact) mass is 416 g/mol. The SMILES string of the molecule is COc1ccc(CN(CCC2OCC(N)(CO)CO2)c2ccc(C#N)nc2)cc1F. The van der Waals surface area contributed by atoms with Crippen molar-refractivity contribution in [3.8, 4) is 11.8 Å². The number of methoxy groups -OCH3 is 1. The van der Waals surface area contributed by atoms with Gasteiger partial charge in [-0.1, -0.05) is 6.07 Å². The van der Waals surface area contributed by atoms with Gasteiger partial charge in [0.05, 0.1) is 44.4 Å². The van der Waals surface area contributed by atoms with Crippen molar-refractivity contribution in [2.24, 2.45) is 5.73 Å². The number of anilines is 1. The highest BCUT2D eigenvalue weighted by molar-refractivity contribution is 5.47. The topological polar surface area (TPSA) is 114 Å². The van der Waals surface area contributed by atoms with E-state index in [4.69, 9.17) is 25.2 Å². The molecule has 0 atom stereocenters. The summed E-state index contributed by atoms with van der Waals surface area (Å²) >= 11 is 0. The van der Waals surface area contributed by atoms with Gasteiger partial charge in [-0.3, -0.25) is 0 Å². The van der Waals surface area contributed by atoms with Gasteiger partial charge in [0, 0.05) is 19.5 Å². The molecule has 9 heteroatoms. The first kappa shape index (κ1) is 21.9. The maximum Gasteiger partial charge on any atom is 0.165 e. The van der Waals surface area contributed by atoms with Gasteiger partial charge in [0.2, 0.25) is 0 Å². The van der Waals surface area contributed by atoms with Crippen LogP contribution in [0.1, 0.15) is 17.7 Å². The highest BCUT2D eigenvalue weighted by atomic mass is 19.1. The Kier molecular flexibility index (Phi) is 7.18. The van der Waals surface area contributed by atoms with Gasteiger partial charge in [-0.15, -0.1) is 0 Å². The summed E-state index contributed by atoms with van der Waals surface area (Å²) in [7, 11) is 1.42. The van der Waals surface area contributed by atoms with Gasteiger partial charge in [-0.05, 0) is 29.8 Å². The van der Waals surface area contributed by atoms with Crippen molar-refractivity contribution in [1.82, 2.24) is 4.98 Å². The van der Waals surface area contributed by atoms with Crippen molar-refractivity contribution < 1.29 is 23.7 Å². The van der Waals surface area contributed by atoms with Crippen LogP contribution in [0.25, 0.3) is 0 Å². The fourth-order valence-corrected chi connectivity index (χ4v) is 3.09. The Morgan fingerprint density at radius 3 is 2.70 bits per heavy atom. The Balaban J connectivity index is 1.71. The van der Waals surface area contributed by atoms with Crippen molar-refractivity contribution in [1.29, 1.82) is 5.26 Å². The molecule has 0 unspecified atom stereocenters. The Labute approximate surface area is 174 Å². The van der Waals surface area contributed by atoms with Crippen LogP contribution in [-0.2, 0) is 16.0 Å². The molecule has 3 N–H and O–H groups in total. The van der Waals surface area contributed by atoms with Crippen LogP contribution in [0.4, 0.5) is 10.1 Å². The minimum atomic E-state index is -0.881. The van der Waals surface area contributed by atoms with Crippen molar-refractivity contribution in [3.63, 3.8) is 0 Å². The number of aliphatic hydroxyl groups excluding tert-OH is 1. The number of hydrogen-bond acceptors (Lipinski definition) is 8. The van der Waals surface area contributed by atoms with Crippen LogP contribution in [0.15, 0.2) is 36.5 Å². The van der Waals surface area contributed by atoms with Crippen LogP contribution in [0.2, 0.25) is 0 Å². The van der Waals surface area contributed by atoms with E-state index >= 15 is 0 Å². The first-order valence-corrected chi connectivity index (χ1v) is 9.53. The standard InChI is InChI=1S/C21H25FN4O4/c1-28-19-5-2-15(8-18(19)22)11-26(17-4-3-16(9-23)25-10-17)7-6-20-29-13-21(24,12-27)14-30-20/h2-5,8,10,20,27H,6-7,11-14,24H2,1H3. The molecule has 2 aromatic rings. The van der Waals surface area contributed by atoms with E-state index in [1.807, 2.05) is 11.0 Å². The minimum absolute atomic E-state index is 0.184. The summed E-state index contributed by atoms with van der Waals surface area (Å²) in [6.07, 6.45) is 1.67. The molecule has 0 saturated carbocycles. The molecule has 1 aromatic heterocycles. The molecule has 0 spiro atoms. The normalized spacial score (nSPS) is 21.1. The molecule has 1 fully saturated rings. The van der Waals surface area contributed by atoms with Crippen LogP contribution < -0.4 is 15.4 Å². The summed E-state index contributed by atoms with van der Waals surface area (Å²) in [6, 6.07) is 10.2. The van der Waals surface area contributed by atoms with E-state index in [2.05, 4.69) is 4.98 Å².